The van der Waals surface area contributed by atoms with E-state index in [9.17, 15) is 24.6 Å². The minimum atomic E-state index is -2.72. The Kier molecular flexibility index (Phi) is 5.01. The molecule has 1 aliphatic heterocycles. The van der Waals surface area contributed by atoms with Gasteiger partial charge in [-0.15, -0.1) is 0 Å². The van der Waals surface area contributed by atoms with Crippen molar-refractivity contribution in [3.8, 4) is 0 Å². The molecule has 0 spiro atoms. The van der Waals surface area contributed by atoms with Crippen molar-refractivity contribution < 1.29 is 24.6 Å². The summed E-state index contributed by atoms with van der Waals surface area (Å²) in [7, 11) is 0. The first-order valence-electron chi connectivity index (χ1n) is 9.62. The number of rotatable bonds is 4. The molecule has 1 atom stereocenters. The van der Waals surface area contributed by atoms with E-state index in [4.69, 9.17) is 0 Å². The van der Waals surface area contributed by atoms with Gasteiger partial charge in [0.05, 0.1) is 0 Å². The molecule has 0 aromatic heterocycles. The average molecular weight is 413 g/mol. The van der Waals surface area contributed by atoms with Crippen molar-refractivity contribution in [3.63, 3.8) is 0 Å². The number of ketones is 2. The second-order valence-electron chi connectivity index (χ2n) is 7.26. The second-order valence-corrected chi connectivity index (χ2v) is 7.26. The molecule has 1 saturated heterocycles. The number of benzene rings is 3. The Balaban J connectivity index is 2.00. The van der Waals surface area contributed by atoms with Crippen LogP contribution in [-0.2, 0) is 9.59 Å². The topological polar surface area (TPSA) is 94.9 Å². The number of nitrogens with zero attached hydrogens (tertiary/aromatic N) is 1. The highest BCUT2D eigenvalue weighted by Crippen LogP contribution is 2.41. The first-order valence-corrected chi connectivity index (χ1v) is 9.62. The zero-order valence-corrected chi connectivity index (χ0v) is 16.6. The number of amides is 1. The lowest BCUT2D eigenvalue weighted by molar-refractivity contribution is -0.132. The van der Waals surface area contributed by atoms with Gasteiger partial charge in [0.15, 0.2) is 0 Å². The third-order valence-electron chi connectivity index (χ3n) is 5.23. The third-order valence-corrected chi connectivity index (χ3v) is 5.23. The molecular weight excluding hydrogens is 394 g/mol. The number of carbonyl (C=O) groups excluding carboxylic acids is 3. The Bertz CT molecular complexity index is 1200. The lowest BCUT2D eigenvalue weighted by Crippen LogP contribution is -2.53. The molecule has 0 saturated carbocycles. The van der Waals surface area contributed by atoms with Crippen molar-refractivity contribution in [2.75, 3.05) is 4.90 Å². The zero-order chi connectivity index (χ0) is 22.2. The summed E-state index contributed by atoms with van der Waals surface area (Å²) in [5, 5.41) is 22.7. The van der Waals surface area contributed by atoms with Crippen LogP contribution in [0.1, 0.15) is 21.5 Å². The Morgan fingerprint density at radius 1 is 0.806 bits per heavy atom. The summed E-state index contributed by atoms with van der Waals surface area (Å²) in [5.74, 6) is -3.77. The van der Waals surface area contributed by atoms with Crippen molar-refractivity contribution in [2.24, 2.45) is 0 Å². The fourth-order valence-corrected chi connectivity index (χ4v) is 3.64. The van der Waals surface area contributed by atoms with Crippen LogP contribution in [0.2, 0.25) is 0 Å². The summed E-state index contributed by atoms with van der Waals surface area (Å²) in [6.07, 6.45) is 0. The molecule has 154 valence electrons. The number of Topliss-reactive ketones (excluding diaryl/α,β-unsaturated/α-hetero) is 2. The molecular formula is C25H19NO5. The lowest BCUT2D eigenvalue weighted by Gasteiger charge is -2.32. The quantitative estimate of drug-likeness (QED) is 0.296. The molecule has 31 heavy (non-hydrogen) atoms. The fraction of sp³-hybridized carbons (Fsp3) is 0.0800. The van der Waals surface area contributed by atoms with Crippen molar-refractivity contribution >= 4 is 28.9 Å². The molecule has 1 heterocycles. The van der Waals surface area contributed by atoms with Gasteiger partial charge >= 0.3 is 5.91 Å². The van der Waals surface area contributed by atoms with Gasteiger partial charge in [-0.05, 0) is 19.1 Å². The molecule has 6 nitrogen and oxygen atoms in total. The summed E-state index contributed by atoms with van der Waals surface area (Å²) >= 11 is 0. The number of aryl methyl sites for hydroxylation is 1. The molecule has 4 rings (SSSR count). The number of anilines is 1. The summed E-state index contributed by atoms with van der Waals surface area (Å²) < 4.78 is 0. The van der Waals surface area contributed by atoms with Crippen molar-refractivity contribution in [1.29, 1.82) is 0 Å². The highest BCUT2D eigenvalue weighted by Gasteiger charge is 2.61. The van der Waals surface area contributed by atoms with Crippen LogP contribution in [0.4, 0.5) is 5.69 Å². The van der Waals surface area contributed by atoms with Crippen LogP contribution in [0.15, 0.2) is 90.5 Å². The standard InChI is InChI=1S/C25H19NO5/c1-16-12-14-19(15-13-16)26-24(30)22(28)20(21(27)17-8-4-2-5-9-17)25(26,31)23(29)18-10-6-3-7-11-18/h2-15,27,31H,1H3/b21-20-. The van der Waals surface area contributed by atoms with E-state index >= 15 is 0 Å². The number of hydrogen-bond acceptors (Lipinski definition) is 5. The largest absolute Gasteiger partial charge is 0.507 e. The molecule has 0 aliphatic carbocycles. The third kappa shape index (κ3) is 3.23. The van der Waals surface area contributed by atoms with Crippen LogP contribution in [0, 0.1) is 6.92 Å². The number of aliphatic hydroxyl groups excluding tert-OH is 1. The summed E-state index contributed by atoms with van der Waals surface area (Å²) in [5.41, 5.74) is -2.05. The molecule has 1 unspecified atom stereocenters. The monoisotopic (exact) mass is 413 g/mol. The summed E-state index contributed by atoms with van der Waals surface area (Å²) in [4.78, 5) is 40.3. The maximum Gasteiger partial charge on any atom is 0.302 e. The van der Waals surface area contributed by atoms with Crippen LogP contribution >= 0.6 is 0 Å². The normalized spacial score (nSPS) is 20.1. The van der Waals surface area contributed by atoms with Gasteiger partial charge in [0.25, 0.3) is 5.78 Å². The van der Waals surface area contributed by atoms with E-state index in [1.54, 1.807) is 48.5 Å². The maximum atomic E-state index is 13.5. The van der Waals surface area contributed by atoms with Crippen LogP contribution in [0.25, 0.3) is 5.76 Å². The first kappa shape index (κ1) is 20.3. The Labute approximate surface area is 178 Å². The number of aliphatic hydroxyl groups is 2. The molecule has 0 bridgehead atoms. The van der Waals surface area contributed by atoms with Crippen LogP contribution in [0.3, 0.4) is 0 Å². The van der Waals surface area contributed by atoms with Gasteiger partial charge < -0.3 is 10.2 Å². The molecule has 0 radical (unpaired) electrons. The summed E-state index contributed by atoms with van der Waals surface area (Å²) in [6.45, 7) is 1.84. The van der Waals surface area contributed by atoms with E-state index in [0.29, 0.717) is 0 Å². The second kappa shape index (κ2) is 7.66. The zero-order valence-electron chi connectivity index (χ0n) is 16.6. The molecule has 6 heteroatoms. The lowest BCUT2D eigenvalue weighted by atomic mass is 9.90. The SMILES string of the molecule is Cc1ccc(N2C(=O)C(=O)/C(=C(/O)c3ccccc3)C2(O)C(=O)c2ccccc2)cc1. The van der Waals surface area contributed by atoms with Crippen molar-refractivity contribution in [1.82, 2.24) is 0 Å². The van der Waals surface area contributed by atoms with Crippen LogP contribution < -0.4 is 4.90 Å². The van der Waals surface area contributed by atoms with Gasteiger partial charge in [-0.3, -0.25) is 19.3 Å². The van der Waals surface area contributed by atoms with Gasteiger partial charge in [0.2, 0.25) is 11.5 Å². The Morgan fingerprint density at radius 2 is 1.32 bits per heavy atom. The highest BCUT2D eigenvalue weighted by molar-refractivity contribution is 6.54. The van der Waals surface area contributed by atoms with Crippen LogP contribution in [-0.4, -0.2) is 33.4 Å². The number of carbonyl (C=O) groups is 3. The van der Waals surface area contributed by atoms with E-state index in [1.807, 2.05) is 6.92 Å². The first-order chi connectivity index (χ1) is 14.9. The summed E-state index contributed by atoms with van der Waals surface area (Å²) in [6, 6.07) is 22.3. The van der Waals surface area contributed by atoms with Gasteiger partial charge in [-0.1, -0.05) is 78.4 Å². The van der Waals surface area contributed by atoms with Gasteiger partial charge in [-0.25, -0.2) is 0 Å². The van der Waals surface area contributed by atoms with E-state index in [0.717, 1.165) is 10.5 Å². The molecule has 3 aromatic carbocycles. The molecule has 3 aromatic rings. The maximum absolute atomic E-state index is 13.5. The minimum Gasteiger partial charge on any atom is -0.507 e. The Morgan fingerprint density at radius 3 is 1.87 bits per heavy atom. The van der Waals surface area contributed by atoms with Crippen molar-refractivity contribution in [3.05, 3.63) is 107 Å². The Hall–Kier alpha value is -4.03. The van der Waals surface area contributed by atoms with E-state index in [-0.39, 0.29) is 16.8 Å². The minimum absolute atomic E-state index is 0.0861. The van der Waals surface area contributed by atoms with Crippen LogP contribution in [0.5, 0.6) is 0 Å². The average Bonchev–Trinajstić information content (AvgIpc) is 3.00. The molecule has 2 N–H and O–H groups in total. The predicted molar refractivity (Wildman–Crippen MR) is 115 cm³/mol. The van der Waals surface area contributed by atoms with Gasteiger partial charge in [0, 0.05) is 16.8 Å². The van der Waals surface area contributed by atoms with Gasteiger partial charge in [0.1, 0.15) is 11.3 Å². The molecule has 1 aliphatic rings. The van der Waals surface area contributed by atoms with Crippen molar-refractivity contribution in [2.45, 2.75) is 12.6 Å². The van der Waals surface area contributed by atoms with E-state index < -0.39 is 34.5 Å². The fourth-order valence-electron chi connectivity index (χ4n) is 3.64. The van der Waals surface area contributed by atoms with E-state index in [1.165, 1.54) is 36.4 Å². The predicted octanol–water partition coefficient (Wildman–Crippen LogP) is 3.45. The number of hydrogen-bond donors (Lipinski definition) is 2. The highest BCUT2D eigenvalue weighted by atomic mass is 16.3. The van der Waals surface area contributed by atoms with Gasteiger partial charge in [-0.2, -0.15) is 0 Å². The van der Waals surface area contributed by atoms with E-state index in [2.05, 4.69) is 0 Å². The molecule has 1 fully saturated rings. The smallest absolute Gasteiger partial charge is 0.302 e. The molecule has 1 amide bonds.